The average Bonchev–Trinajstić information content (AvgIpc) is 3.00. The first kappa shape index (κ1) is 19.2. The molecule has 1 atom stereocenters. The number of alkyl carbamates (subject to hydrolysis) is 1. The number of amides is 1. The van der Waals surface area contributed by atoms with Gasteiger partial charge in [0.1, 0.15) is 5.60 Å². The van der Waals surface area contributed by atoms with Gasteiger partial charge in [-0.1, -0.05) is 24.3 Å². The zero-order valence-electron chi connectivity index (χ0n) is 15.4. The highest BCUT2D eigenvalue weighted by Gasteiger charge is 2.43. The van der Waals surface area contributed by atoms with Crippen LogP contribution in [-0.4, -0.2) is 37.0 Å². The molecule has 1 N–H and O–H groups in total. The normalized spacial score (nSPS) is 20.2. The van der Waals surface area contributed by atoms with Gasteiger partial charge >= 0.3 is 12.1 Å². The number of methoxy groups -OCH3 is 1. The van der Waals surface area contributed by atoms with Gasteiger partial charge in [0, 0.05) is 19.6 Å². The first-order valence-electron chi connectivity index (χ1n) is 8.51. The first-order valence-corrected chi connectivity index (χ1v) is 8.51. The number of rotatable bonds is 5. The molecule has 138 valence electrons. The highest BCUT2D eigenvalue weighted by Crippen LogP contribution is 2.31. The highest BCUT2D eigenvalue weighted by atomic mass is 16.6. The third kappa shape index (κ3) is 5.46. The molecule has 1 unspecified atom stereocenters. The lowest BCUT2D eigenvalue weighted by molar-refractivity contribution is -0.163. The van der Waals surface area contributed by atoms with E-state index in [1.165, 1.54) is 7.11 Å². The van der Waals surface area contributed by atoms with Crippen LogP contribution in [0.25, 0.3) is 0 Å². The molecular weight excluding hydrogens is 322 g/mol. The second-order valence-electron chi connectivity index (χ2n) is 7.29. The Kier molecular flexibility index (Phi) is 6.06. The van der Waals surface area contributed by atoms with E-state index in [1.54, 1.807) is 0 Å². The molecule has 25 heavy (non-hydrogen) atoms. The van der Waals surface area contributed by atoms with Crippen LogP contribution < -0.4 is 5.32 Å². The Hall–Kier alpha value is -2.08. The first-order chi connectivity index (χ1) is 11.7. The van der Waals surface area contributed by atoms with Crippen LogP contribution >= 0.6 is 0 Å². The summed E-state index contributed by atoms with van der Waals surface area (Å²) in [5.41, 5.74) is 0.474. The van der Waals surface area contributed by atoms with Gasteiger partial charge in [0.15, 0.2) is 5.60 Å². The van der Waals surface area contributed by atoms with Crippen molar-refractivity contribution in [2.45, 2.75) is 57.8 Å². The third-order valence-corrected chi connectivity index (χ3v) is 3.98. The zero-order chi connectivity index (χ0) is 18.5. The molecule has 2 rings (SSSR count). The van der Waals surface area contributed by atoms with Gasteiger partial charge in [0.2, 0.25) is 0 Å². The van der Waals surface area contributed by atoms with E-state index in [0.717, 1.165) is 17.5 Å². The maximum atomic E-state index is 12.2. The Labute approximate surface area is 148 Å². The van der Waals surface area contributed by atoms with Crippen molar-refractivity contribution in [3.05, 3.63) is 35.4 Å². The molecule has 6 nitrogen and oxygen atoms in total. The summed E-state index contributed by atoms with van der Waals surface area (Å²) < 4.78 is 15.9. The summed E-state index contributed by atoms with van der Waals surface area (Å²) in [5.74, 6) is -0.331. The Morgan fingerprint density at radius 2 is 2.00 bits per heavy atom. The van der Waals surface area contributed by atoms with E-state index in [0.29, 0.717) is 26.0 Å². The standard InChI is InChI=1S/C19H27NO5/c1-18(2,3)25-17(22)20-13-15-8-5-7-14(11-15)12-19(16(21)23-4)9-6-10-24-19/h5,7-8,11H,6,9-10,12-13H2,1-4H3,(H,20,22). The SMILES string of the molecule is COC(=O)C1(Cc2cccc(CNC(=O)OC(C)(C)C)c2)CCCO1. The van der Waals surface area contributed by atoms with Crippen molar-refractivity contribution in [3.63, 3.8) is 0 Å². The van der Waals surface area contributed by atoms with E-state index < -0.39 is 17.3 Å². The number of hydrogen-bond acceptors (Lipinski definition) is 5. The molecule has 1 heterocycles. The second-order valence-corrected chi connectivity index (χ2v) is 7.29. The van der Waals surface area contributed by atoms with Gasteiger partial charge in [-0.2, -0.15) is 0 Å². The van der Waals surface area contributed by atoms with E-state index in [-0.39, 0.29) is 5.97 Å². The van der Waals surface area contributed by atoms with E-state index in [1.807, 2.05) is 45.0 Å². The maximum Gasteiger partial charge on any atom is 0.407 e. The van der Waals surface area contributed by atoms with Gasteiger partial charge in [-0.3, -0.25) is 0 Å². The number of carbonyl (C=O) groups excluding carboxylic acids is 2. The average molecular weight is 349 g/mol. The van der Waals surface area contributed by atoms with Crippen LogP contribution in [0.1, 0.15) is 44.7 Å². The number of nitrogens with one attached hydrogen (secondary N) is 1. The molecule has 1 fully saturated rings. The summed E-state index contributed by atoms with van der Waals surface area (Å²) in [5, 5.41) is 2.74. The molecule has 0 bridgehead atoms. The van der Waals surface area contributed by atoms with Crippen molar-refractivity contribution in [1.29, 1.82) is 0 Å². The van der Waals surface area contributed by atoms with Crippen molar-refractivity contribution >= 4 is 12.1 Å². The second kappa shape index (κ2) is 7.87. The van der Waals surface area contributed by atoms with Crippen molar-refractivity contribution in [2.75, 3.05) is 13.7 Å². The van der Waals surface area contributed by atoms with Crippen molar-refractivity contribution < 1.29 is 23.8 Å². The molecule has 1 amide bonds. The minimum atomic E-state index is -0.897. The van der Waals surface area contributed by atoms with E-state index in [9.17, 15) is 9.59 Å². The number of ether oxygens (including phenoxy) is 3. The van der Waals surface area contributed by atoms with Crippen molar-refractivity contribution in [1.82, 2.24) is 5.32 Å². The van der Waals surface area contributed by atoms with E-state index in [2.05, 4.69) is 5.32 Å². The monoisotopic (exact) mass is 349 g/mol. The summed E-state index contributed by atoms with van der Waals surface area (Å²) >= 11 is 0. The van der Waals surface area contributed by atoms with E-state index in [4.69, 9.17) is 14.2 Å². The number of benzene rings is 1. The van der Waals surface area contributed by atoms with Gasteiger partial charge < -0.3 is 19.5 Å². The molecule has 0 aromatic heterocycles. The van der Waals surface area contributed by atoms with Crippen LogP contribution in [0, 0.1) is 0 Å². The van der Waals surface area contributed by atoms with Gasteiger partial charge in [0.05, 0.1) is 7.11 Å². The van der Waals surface area contributed by atoms with Gasteiger partial charge in [-0.05, 0) is 44.7 Å². The Morgan fingerprint density at radius 1 is 1.28 bits per heavy atom. The molecule has 1 aromatic rings. The fraction of sp³-hybridized carbons (Fsp3) is 0.579. The summed E-state index contributed by atoms with van der Waals surface area (Å²) in [6.45, 7) is 6.38. The molecule has 6 heteroatoms. The molecule has 0 saturated carbocycles. The van der Waals surface area contributed by atoms with Crippen molar-refractivity contribution in [3.8, 4) is 0 Å². The highest BCUT2D eigenvalue weighted by molar-refractivity contribution is 5.80. The minimum Gasteiger partial charge on any atom is -0.467 e. The summed E-state index contributed by atoms with van der Waals surface area (Å²) in [6, 6.07) is 7.73. The molecule has 1 aliphatic heterocycles. The van der Waals surface area contributed by atoms with Crippen LogP contribution in [0.5, 0.6) is 0 Å². The molecule has 0 spiro atoms. The summed E-state index contributed by atoms with van der Waals surface area (Å²) in [7, 11) is 1.38. The molecule has 1 saturated heterocycles. The Morgan fingerprint density at radius 3 is 2.60 bits per heavy atom. The molecule has 1 aromatic carbocycles. The van der Waals surface area contributed by atoms with Gasteiger partial charge in [-0.25, -0.2) is 9.59 Å². The summed E-state index contributed by atoms with van der Waals surface area (Å²) in [6.07, 6.45) is 1.50. The quantitative estimate of drug-likeness (QED) is 0.827. The fourth-order valence-corrected chi connectivity index (χ4v) is 2.92. The summed E-state index contributed by atoms with van der Waals surface area (Å²) in [4.78, 5) is 23.9. The molecule has 0 radical (unpaired) electrons. The topological polar surface area (TPSA) is 73.9 Å². The number of esters is 1. The van der Waals surface area contributed by atoms with Crippen LogP contribution in [0.2, 0.25) is 0 Å². The molecular formula is C19H27NO5. The van der Waals surface area contributed by atoms with E-state index >= 15 is 0 Å². The minimum absolute atomic E-state index is 0.331. The maximum absolute atomic E-state index is 12.2. The van der Waals surface area contributed by atoms with Crippen LogP contribution in [-0.2, 0) is 32.0 Å². The van der Waals surface area contributed by atoms with Crippen LogP contribution in [0.4, 0.5) is 4.79 Å². The largest absolute Gasteiger partial charge is 0.467 e. The van der Waals surface area contributed by atoms with Crippen molar-refractivity contribution in [2.24, 2.45) is 0 Å². The lowest BCUT2D eigenvalue weighted by atomic mass is 9.91. The Bertz CT molecular complexity index is 614. The lowest BCUT2D eigenvalue weighted by Gasteiger charge is -2.25. The predicted molar refractivity (Wildman–Crippen MR) is 93.2 cm³/mol. The molecule has 0 aliphatic carbocycles. The third-order valence-electron chi connectivity index (χ3n) is 3.98. The predicted octanol–water partition coefficient (Wildman–Crippen LogP) is 2.98. The Balaban J connectivity index is 2.01. The number of hydrogen-bond donors (Lipinski definition) is 1. The van der Waals surface area contributed by atoms with Crippen LogP contribution in [0.15, 0.2) is 24.3 Å². The van der Waals surface area contributed by atoms with Crippen LogP contribution in [0.3, 0.4) is 0 Å². The lowest BCUT2D eigenvalue weighted by Crippen LogP contribution is -2.41. The molecule has 1 aliphatic rings. The van der Waals surface area contributed by atoms with Gasteiger partial charge in [0.25, 0.3) is 0 Å². The fourth-order valence-electron chi connectivity index (χ4n) is 2.92. The smallest absolute Gasteiger partial charge is 0.407 e. The zero-order valence-corrected chi connectivity index (χ0v) is 15.4. The van der Waals surface area contributed by atoms with Gasteiger partial charge in [-0.15, -0.1) is 0 Å². The number of carbonyl (C=O) groups is 2.